The molecule has 1 amide bonds. The van der Waals surface area contributed by atoms with Crippen molar-refractivity contribution in [3.05, 3.63) is 72.2 Å². The average Bonchev–Trinajstić information content (AvgIpc) is 2.72. The molecule has 0 spiro atoms. The van der Waals surface area contributed by atoms with Gasteiger partial charge in [-0.2, -0.15) is 4.98 Å². The van der Waals surface area contributed by atoms with Gasteiger partial charge in [0.05, 0.1) is 7.11 Å². The van der Waals surface area contributed by atoms with Gasteiger partial charge in [-0.15, -0.1) is 0 Å². The molecule has 0 aliphatic rings. The minimum absolute atomic E-state index is 0.0805. The molecule has 0 bridgehead atoms. The van der Waals surface area contributed by atoms with E-state index in [1.165, 1.54) is 0 Å². The van der Waals surface area contributed by atoms with Gasteiger partial charge in [-0.3, -0.25) is 9.78 Å². The molecular formula is C19H19N5O2. The van der Waals surface area contributed by atoms with Gasteiger partial charge in [0.25, 0.3) is 5.91 Å². The lowest BCUT2D eigenvalue weighted by molar-refractivity contribution is 0.0993. The van der Waals surface area contributed by atoms with Crippen molar-refractivity contribution < 1.29 is 9.53 Å². The number of ether oxygens (including phenoxy) is 1. The standard InChI is InChI=1S/C19H19N5O2/c1-24(18(25)15-7-10-20-11-8-15)16-5-3-14(4-6-16)13-22-19-21-12-9-17(23-19)26-2/h3-12H,13H2,1-2H3,(H,21,22,23). The van der Waals surface area contributed by atoms with Crippen molar-refractivity contribution in [3.63, 3.8) is 0 Å². The van der Waals surface area contributed by atoms with E-state index in [1.807, 2.05) is 24.3 Å². The first-order valence-corrected chi connectivity index (χ1v) is 8.05. The summed E-state index contributed by atoms with van der Waals surface area (Å²) in [5, 5.41) is 3.14. The van der Waals surface area contributed by atoms with Crippen molar-refractivity contribution in [1.29, 1.82) is 0 Å². The first kappa shape index (κ1) is 17.3. The first-order valence-electron chi connectivity index (χ1n) is 8.05. The van der Waals surface area contributed by atoms with Gasteiger partial charge in [0.1, 0.15) is 0 Å². The molecule has 0 radical (unpaired) electrons. The topological polar surface area (TPSA) is 80.2 Å². The van der Waals surface area contributed by atoms with Gasteiger partial charge >= 0.3 is 0 Å². The Labute approximate surface area is 151 Å². The number of hydrogen-bond acceptors (Lipinski definition) is 6. The van der Waals surface area contributed by atoms with Gasteiger partial charge in [0.15, 0.2) is 0 Å². The third-order valence-corrected chi connectivity index (χ3v) is 3.85. The van der Waals surface area contributed by atoms with Gasteiger partial charge < -0.3 is 15.0 Å². The smallest absolute Gasteiger partial charge is 0.258 e. The Hall–Kier alpha value is -3.48. The summed E-state index contributed by atoms with van der Waals surface area (Å²) >= 11 is 0. The highest BCUT2D eigenvalue weighted by Gasteiger charge is 2.13. The molecular weight excluding hydrogens is 330 g/mol. The van der Waals surface area contributed by atoms with Crippen LogP contribution in [-0.2, 0) is 6.54 Å². The predicted octanol–water partition coefficient (Wildman–Crippen LogP) is 2.77. The van der Waals surface area contributed by atoms with E-state index in [1.54, 1.807) is 55.8 Å². The minimum Gasteiger partial charge on any atom is -0.481 e. The lowest BCUT2D eigenvalue weighted by Crippen LogP contribution is -2.26. The molecule has 26 heavy (non-hydrogen) atoms. The van der Waals surface area contributed by atoms with Crippen molar-refractivity contribution in [1.82, 2.24) is 15.0 Å². The van der Waals surface area contributed by atoms with Gasteiger partial charge in [-0.05, 0) is 29.8 Å². The second kappa shape index (κ2) is 8.06. The summed E-state index contributed by atoms with van der Waals surface area (Å²) in [5.41, 5.74) is 2.46. The van der Waals surface area contributed by atoms with Crippen molar-refractivity contribution in [2.45, 2.75) is 6.54 Å². The van der Waals surface area contributed by atoms with Crippen molar-refractivity contribution in [2.24, 2.45) is 0 Å². The largest absolute Gasteiger partial charge is 0.481 e. The third kappa shape index (κ3) is 4.13. The number of anilines is 2. The molecule has 0 aliphatic heterocycles. The summed E-state index contributed by atoms with van der Waals surface area (Å²) in [5.74, 6) is 0.926. The normalized spacial score (nSPS) is 10.2. The van der Waals surface area contributed by atoms with E-state index in [9.17, 15) is 4.79 Å². The molecule has 3 rings (SSSR count). The minimum atomic E-state index is -0.0805. The van der Waals surface area contributed by atoms with Crippen LogP contribution in [-0.4, -0.2) is 35.0 Å². The Morgan fingerprint density at radius 2 is 1.81 bits per heavy atom. The molecule has 1 aromatic carbocycles. The van der Waals surface area contributed by atoms with E-state index >= 15 is 0 Å². The van der Waals surface area contributed by atoms with Crippen LogP contribution in [0.5, 0.6) is 5.88 Å². The van der Waals surface area contributed by atoms with E-state index in [0.29, 0.717) is 23.9 Å². The molecule has 0 unspecified atom stereocenters. The number of nitrogens with zero attached hydrogens (tertiary/aromatic N) is 4. The van der Waals surface area contributed by atoms with Crippen LogP contribution >= 0.6 is 0 Å². The third-order valence-electron chi connectivity index (χ3n) is 3.85. The molecule has 7 heteroatoms. The van der Waals surface area contributed by atoms with E-state index in [0.717, 1.165) is 11.3 Å². The maximum atomic E-state index is 12.5. The van der Waals surface area contributed by atoms with Crippen LogP contribution in [0.25, 0.3) is 0 Å². The number of hydrogen-bond donors (Lipinski definition) is 1. The van der Waals surface area contributed by atoms with Gasteiger partial charge in [-0.25, -0.2) is 4.98 Å². The van der Waals surface area contributed by atoms with Gasteiger partial charge in [-0.1, -0.05) is 12.1 Å². The van der Waals surface area contributed by atoms with Crippen molar-refractivity contribution >= 4 is 17.5 Å². The summed E-state index contributed by atoms with van der Waals surface area (Å²) in [6.45, 7) is 0.565. The summed E-state index contributed by atoms with van der Waals surface area (Å²) in [6, 6.07) is 12.8. The second-order valence-corrected chi connectivity index (χ2v) is 5.54. The number of carbonyl (C=O) groups is 1. The fourth-order valence-corrected chi connectivity index (χ4v) is 2.36. The Bertz CT molecular complexity index is 869. The van der Waals surface area contributed by atoms with Gasteiger partial charge in [0.2, 0.25) is 11.8 Å². The number of benzene rings is 1. The van der Waals surface area contributed by atoms with Crippen LogP contribution in [0, 0.1) is 0 Å². The SMILES string of the molecule is COc1ccnc(NCc2ccc(N(C)C(=O)c3ccncc3)cc2)n1. The molecule has 1 N–H and O–H groups in total. The van der Waals surface area contributed by atoms with E-state index < -0.39 is 0 Å². The van der Waals surface area contributed by atoms with Crippen molar-refractivity contribution in [2.75, 3.05) is 24.4 Å². The Kier molecular flexibility index (Phi) is 5.38. The number of pyridine rings is 1. The van der Waals surface area contributed by atoms with E-state index in [2.05, 4.69) is 20.3 Å². The maximum Gasteiger partial charge on any atom is 0.258 e. The number of amides is 1. The highest BCUT2D eigenvalue weighted by molar-refractivity contribution is 6.05. The summed E-state index contributed by atoms with van der Waals surface area (Å²) in [4.78, 5) is 26.4. The molecule has 3 aromatic rings. The predicted molar refractivity (Wildman–Crippen MR) is 99.3 cm³/mol. The summed E-state index contributed by atoms with van der Waals surface area (Å²) in [7, 11) is 3.31. The van der Waals surface area contributed by atoms with Crippen LogP contribution in [0.15, 0.2) is 61.1 Å². The Morgan fingerprint density at radius 3 is 2.50 bits per heavy atom. The number of rotatable bonds is 6. The first-order chi connectivity index (χ1) is 12.7. The molecule has 2 heterocycles. The zero-order chi connectivity index (χ0) is 18.4. The summed E-state index contributed by atoms with van der Waals surface area (Å²) in [6.07, 6.45) is 4.85. The van der Waals surface area contributed by atoms with Gasteiger partial charge in [0, 0.05) is 49.5 Å². The maximum absolute atomic E-state index is 12.5. The monoisotopic (exact) mass is 349 g/mol. The fraction of sp³-hybridized carbons (Fsp3) is 0.158. The van der Waals surface area contributed by atoms with E-state index in [-0.39, 0.29) is 5.91 Å². The lowest BCUT2D eigenvalue weighted by Gasteiger charge is -2.17. The zero-order valence-corrected chi connectivity index (χ0v) is 14.6. The summed E-state index contributed by atoms with van der Waals surface area (Å²) < 4.78 is 5.08. The van der Waals surface area contributed by atoms with Crippen molar-refractivity contribution in [3.8, 4) is 5.88 Å². The van der Waals surface area contributed by atoms with Crippen LogP contribution < -0.4 is 15.0 Å². The molecule has 0 atom stereocenters. The Morgan fingerprint density at radius 1 is 1.08 bits per heavy atom. The molecule has 0 saturated carbocycles. The van der Waals surface area contributed by atoms with Crippen LogP contribution in [0.3, 0.4) is 0 Å². The fourth-order valence-electron chi connectivity index (χ4n) is 2.36. The molecule has 7 nitrogen and oxygen atoms in total. The second-order valence-electron chi connectivity index (χ2n) is 5.54. The molecule has 0 aliphatic carbocycles. The average molecular weight is 349 g/mol. The number of aromatic nitrogens is 3. The number of nitrogens with one attached hydrogen (secondary N) is 1. The highest BCUT2D eigenvalue weighted by atomic mass is 16.5. The quantitative estimate of drug-likeness (QED) is 0.737. The molecule has 2 aromatic heterocycles. The van der Waals surface area contributed by atoms with Crippen LogP contribution in [0.1, 0.15) is 15.9 Å². The highest BCUT2D eigenvalue weighted by Crippen LogP contribution is 2.17. The van der Waals surface area contributed by atoms with E-state index in [4.69, 9.17) is 4.74 Å². The van der Waals surface area contributed by atoms with Crippen LogP contribution in [0.2, 0.25) is 0 Å². The Balaban J connectivity index is 1.63. The molecule has 0 fully saturated rings. The van der Waals surface area contributed by atoms with Crippen LogP contribution in [0.4, 0.5) is 11.6 Å². The molecule has 0 saturated heterocycles. The molecule has 132 valence electrons. The lowest BCUT2D eigenvalue weighted by atomic mass is 10.1. The number of methoxy groups -OCH3 is 1. The number of carbonyl (C=O) groups excluding carboxylic acids is 1. The zero-order valence-electron chi connectivity index (χ0n) is 14.6.